The van der Waals surface area contributed by atoms with Crippen LogP contribution in [0.25, 0.3) is 0 Å². The fraction of sp³-hybridized carbons (Fsp3) is 0.455. The average Bonchev–Trinajstić information content (AvgIpc) is 2.23. The predicted octanol–water partition coefficient (Wildman–Crippen LogP) is 1.99. The van der Waals surface area contributed by atoms with E-state index < -0.39 is 10.8 Å². The highest BCUT2D eigenvalue weighted by Gasteiger charge is 2.29. The van der Waals surface area contributed by atoms with E-state index in [0.29, 0.717) is 4.90 Å². The van der Waals surface area contributed by atoms with Crippen molar-refractivity contribution in [2.45, 2.75) is 29.5 Å². The van der Waals surface area contributed by atoms with Crippen LogP contribution < -0.4 is 5.32 Å². The zero-order valence-electron chi connectivity index (χ0n) is 8.79. The molecule has 15 heavy (non-hydrogen) atoms. The first-order valence-corrected chi connectivity index (χ1v) is 6.22. The molecule has 0 aromatic heterocycles. The summed E-state index contributed by atoms with van der Waals surface area (Å²) in [6.45, 7) is 1.94. The van der Waals surface area contributed by atoms with Crippen molar-refractivity contribution in [3.63, 3.8) is 0 Å². The number of rotatable bonds is 1. The molecule has 3 atom stereocenters. The van der Waals surface area contributed by atoms with Gasteiger partial charge < -0.3 is 5.32 Å². The molecule has 1 aromatic carbocycles. The van der Waals surface area contributed by atoms with Crippen molar-refractivity contribution in [3.8, 4) is 0 Å². The Morgan fingerprint density at radius 1 is 1.53 bits per heavy atom. The molecule has 0 amide bonds. The molecule has 82 valence electrons. The van der Waals surface area contributed by atoms with Crippen LogP contribution in [0.5, 0.6) is 0 Å². The molecule has 0 spiro atoms. The van der Waals surface area contributed by atoms with Gasteiger partial charge in [0.25, 0.3) is 0 Å². The second kappa shape index (κ2) is 4.02. The van der Waals surface area contributed by atoms with Crippen molar-refractivity contribution in [1.29, 1.82) is 0 Å². The van der Waals surface area contributed by atoms with Crippen molar-refractivity contribution in [1.82, 2.24) is 5.32 Å². The van der Waals surface area contributed by atoms with Gasteiger partial charge in [-0.2, -0.15) is 0 Å². The maximum atomic E-state index is 13.1. The van der Waals surface area contributed by atoms with Crippen LogP contribution in [0.1, 0.15) is 24.9 Å². The molecule has 4 heteroatoms. The van der Waals surface area contributed by atoms with Crippen LogP contribution in [0, 0.1) is 5.82 Å². The largest absolute Gasteiger partial charge is 0.313 e. The second-order valence-corrected chi connectivity index (χ2v) is 5.71. The molecule has 0 radical (unpaired) electrons. The lowest BCUT2D eigenvalue weighted by molar-refractivity contribution is 0.514. The van der Waals surface area contributed by atoms with Crippen molar-refractivity contribution in [2.75, 3.05) is 7.05 Å². The molecule has 1 aliphatic rings. The maximum Gasteiger partial charge on any atom is 0.124 e. The van der Waals surface area contributed by atoms with Crippen LogP contribution in [-0.2, 0) is 10.8 Å². The topological polar surface area (TPSA) is 29.1 Å². The lowest BCUT2D eigenvalue weighted by atomic mass is 10.0. The molecular formula is C11H14FNOS. The number of nitrogens with one attached hydrogen (secondary N) is 1. The smallest absolute Gasteiger partial charge is 0.124 e. The van der Waals surface area contributed by atoms with E-state index >= 15 is 0 Å². The van der Waals surface area contributed by atoms with E-state index in [0.717, 1.165) is 12.0 Å². The third-order valence-electron chi connectivity index (χ3n) is 2.85. The Bertz CT molecular complexity index is 408. The fourth-order valence-corrected chi connectivity index (χ4v) is 3.48. The van der Waals surface area contributed by atoms with Crippen molar-refractivity contribution in [2.24, 2.45) is 0 Å². The molecule has 1 aliphatic heterocycles. The van der Waals surface area contributed by atoms with Gasteiger partial charge >= 0.3 is 0 Å². The van der Waals surface area contributed by atoms with E-state index in [1.54, 1.807) is 6.07 Å². The average molecular weight is 227 g/mol. The fourth-order valence-electron chi connectivity index (χ4n) is 2.01. The molecule has 2 nitrogen and oxygen atoms in total. The van der Waals surface area contributed by atoms with Crippen LogP contribution in [0.15, 0.2) is 23.1 Å². The molecule has 1 heterocycles. The molecule has 1 aromatic rings. The van der Waals surface area contributed by atoms with Crippen LogP contribution in [0.3, 0.4) is 0 Å². The van der Waals surface area contributed by atoms with Gasteiger partial charge in [-0.05, 0) is 31.2 Å². The number of hydrogen-bond donors (Lipinski definition) is 1. The summed E-state index contributed by atoms with van der Waals surface area (Å²) in [5.41, 5.74) is 0.968. The van der Waals surface area contributed by atoms with Gasteiger partial charge in [-0.25, -0.2) is 4.39 Å². The van der Waals surface area contributed by atoms with E-state index in [1.807, 2.05) is 14.0 Å². The standard InChI is InChI=1S/C11H14FNOS/c1-7-5-10(13-2)9-4-3-8(12)6-11(9)15(7)14/h3-4,6-7,10,13H,5H2,1-2H3. The van der Waals surface area contributed by atoms with Crippen LogP contribution in [-0.4, -0.2) is 16.5 Å². The van der Waals surface area contributed by atoms with Gasteiger partial charge in [-0.15, -0.1) is 0 Å². The highest BCUT2D eigenvalue weighted by Crippen LogP contribution is 2.33. The van der Waals surface area contributed by atoms with Gasteiger partial charge in [0.1, 0.15) is 5.82 Å². The molecular weight excluding hydrogens is 213 g/mol. The summed E-state index contributed by atoms with van der Waals surface area (Å²) in [6, 6.07) is 4.74. The summed E-state index contributed by atoms with van der Waals surface area (Å²) < 4.78 is 25.0. The van der Waals surface area contributed by atoms with Gasteiger partial charge in [0.15, 0.2) is 0 Å². The zero-order valence-corrected chi connectivity index (χ0v) is 9.60. The van der Waals surface area contributed by atoms with Crippen molar-refractivity contribution >= 4 is 10.8 Å². The first-order valence-electron chi connectivity index (χ1n) is 5.00. The minimum Gasteiger partial charge on any atom is -0.313 e. The van der Waals surface area contributed by atoms with E-state index in [-0.39, 0.29) is 17.1 Å². The quantitative estimate of drug-likeness (QED) is 0.795. The van der Waals surface area contributed by atoms with E-state index in [9.17, 15) is 8.60 Å². The number of hydrogen-bond acceptors (Lipinski definition) is 2. The number of benzene rings is 1. The van der Waals surface area contributed by atoms with Gasteiger partial charge in [-0.1, -0.05) is 13.0 Å². The minimum absolute atomic E-state index is 0.0803. The zero-order chi connectivity index (χ0) is 11.0. The van der Waals surface area contributed by atoms with Crippen LogP contribution >= 0.6 is 0 Å². The Balaban J connectivity index is 2.53. The summed E-state index contributed by atoms with van der Waals surface area (Å²) in [4.78, 5) is 0.646. The van der Waals surface area contributed by atoms with Crippen molar-refractivity contribution in [3.05, 3.63) is 29.6 Å². The Morgan fingerprint density at radius 3 is 2.93 bits per heavy atom. The van der Waals surface area contributed by atoms with E-state index in [1.165, 1.54) is 12.1 Å². The first-order chi connectivity index (χ1) is 7.13. The summed E-state index contributed by atoms with van der Waals surface area (Å²) in [5, 5.41) is 3.25. The number of fused-ring (bicyclic) bond motifs is 1. The summed E-state index contributed by atoms with van der Waals surface area (Å²) >= 11 is 0. The molecule has 0 saturated carbocycles. The van der Waals surface area contributed by atoms with Crippen LogP contribution in [0.4, 0.5) is 4.39 Å². The molecule has 3 unspecified atom stereocenters. The van der Waals surface area contributed by atoms with Crippen LogP contribution in [0.2, 0.25) is 0 Å². The number of halogens is 1. The highest BCUT2D eigenvalue weighted by atomic mass is 32.2. The van der Waals surface area contributed by atoms with Gasteiger partial charge in [0.05, 0.1) is 10.8 Å². The lowest BCUT2D eigenvalue weighted by Crippen LogP contribution is -2.29. The predicted molar refractivity (Wildman–Crippen MR) is 58.7 cm³/mol. The van der Waals surface area contributed by atoms with Gasteiger partial charge in [-0.3, -0.25) is 4.21 Å². The Labute approximate surface area is 91.3 Å². The third kappa shape index (κ3) is 1.84. The first kappa shape index (κ1) is 10.8. The summed E-state index contributed by atoms with van der Waals surface area (Å²) in [5.74, 6) is -0.314. The molecule has 1 N–H and O–H groups in total. The van der Waals surface area contributed by atoms with E-state index in [2.05, 4.69) is 5.32 Å². The minimum atomic E-state index is -1.07. The Kier molecular flexibility index (Phi) is 2.89. The summed E-state index contributed by atoms with van der Waals surface area (Å²) in [7, 11) is 0.801. The van der Waals surface area contributed by atoms with E-state index in [4.69, 9.17) is 0 Å². The Morgan fingerprint density at radius 2 is 2.27 bits per heavy atom. The van der Waals surface area contributed by atoms with Gasteiger partial charge in [0.2, 0.25) is 0 Å². The third-order valence-corrected chi connectivity index (χ3v) is 4.56. The normalized spacial score (nSPS) is 29.9. The maximum absolute atomic E-state index is 13.1. The monoisotopic (exact) mass is 227 g/mol. The molecule has 2 rings (SSSR count). The molecule has 0 fully saturated rings. The summed E-state index contributed by atoms with van der Waals surface area (Å²) in [6.07, 6.45) is 0.835. The molecule has 0 saturated heterocycles. The second-order valence-electron chi connectivity index (χ2n) is 3.87. The van der Waals surface area contributed by atoms with Crippen molar-refractivity contribution < 1.29 is 8.60 Å². The highest BCUT2D eigenvalue weighted by molar-refractivity contribution is 7.85. The lowest BCUT2D eigenvalue weighted by Gasteiger charge is -2.28. The van der Waals surface area contributed by atoms with Gasteiger partial charge in [0, 0.05) is 16.2 Å². The molecule has 0 aliphatic carbocycles. The SMILES string of the molecule is CNC1CC(C)S(=O)c2cc(F)ccc21. The Hall–Kier alpha value is -0.740. The molecule has 0 bridgehead atoms.